The van der Waals surface area contributed by atoms with Crippen LogP contribution < -0.4 is 5.32 Å². The third kappa shape index (κ3) is 2.30. The van der Waals surface area contributed by atoms with Crippen molar-refractivity contribution in [2.75, 3.05) is 6.54 Å². The van der Waals surface area contributed by atoms with Gasteiger partial charge in [-0.25, -0.2) is 0 Å². The van der Waals surface area contributed by atoms with Crippen LogP contribution in [0.3, 0.4) is 0 Å². The van der Waals surface area contributed by atoms with Crippen LogP contribution in [0.2, 0.25) is 5.02 Å². The zero-order chi connectivity index (χ0) is 9.97. The Morgan fingerprint density at radius 2 is 2.21 bits per heavy atom. The summed E-state index contributed by atoms with van der Waals surface area (Å²) in [6.07, 6.45) is 3.82. The number of rotatable bonds is 1. The van der Waals surface area contributed by atoms with E-state index in [1.165, 1.54) is 24.8 Å². The monoisotopic (exact) mass is 273 g/mol. The molecule has 0 aromatic heterocycles. The predicted molar refractivity (Wildman–Crippen MR) is 63.7 cm³/mol. The number of piperidine rings is 1. The van der Waals surface area contributed by atoms with Gasteiger partial charge in [0, 0.05) is 10.5 Å². The van der Waals surface area contributed by atoms with Gasteiger partial charge in [0.05, 0.1) is 5.02 Å². The highest BCUT2D eigenvalue weighted by atomic mass is 79.9. The standard InChI is InChI=1S/C11H13BrClN/c12-9-5-4-8(7-10(9)13)11-3-1-2-6-14-11/h4-5,7,11,14H,1-3,6H2. The number of hydrogen-bond acceptors (Lipinski definition) is 1. The fourth-order valence-corrected chi connectivity index (χ4v) is 2.30. The van der Waals surface area contributed by atoms with Gasteiger partial charge in [0.15, 0.2) is 0 Å². The predicted octanol–water partition coefficient (Wildman–Crippen LogP) is 3.92. The Kier molecular flexibility index (Phi) is 3.47. The van der Waals surface area contributed by atoms with Crippen LogP contribution in [0.25, 0.3) is 0 Å². The molecular weight excluding hydrogens is 261 g/mol. The molecule has 0 bridgehead atoms. The molecule has 0 aliphatic carbocycles. The summed E-state index contributed by atoms with van der Waals surface area (Å²) in [7, 11) is 0. The Labute approximate surface area is 98.0 Å². The molecule has 1 nitrogen and oxygen atoms in total. The lowest BCUT2D eigenvalue weighted by Gasteiger charge is -2.24. The van der Waals surface area contributed by atoms with Gasteiger partial charge in [-0.15, -0.1) is 0 Å². The molecule has 1 atom stereocenters. The molecule has 1 aliphatic heterocycles. The van der Waals surface area contributed by atoms with Gasteiger partial charge in [0.1, 0.15) is 0 Å². The fraction of sp³-hybridized carbons (Fsp3) is 0.455. The molecular formula is C11H13BrClN. The second-order valence-electron chi connectivity index (χ2n) is 3.68. The Bertz CT molecular complexity index is 321. The van der Waals surface area contributed by atoms with Crippen LogP contribution >= 0.6 is 27.5 Å². The maximum atomic E-state index is 6.06. The maximum Gasteiger partial charge on any atom is 0.0551 e. The van der Waals surface area contributed by atoms with E-state index < -0.39 is 0 Å². The summed E-state index contributed by atoms with van der Waals surface area (Å²) in [5.41, 5.74) is 1.30. The SMILES string of the molecule is Clc1cc(C2CCCCN2)ccc1Br. The van der Waals surface area contributed by atoms with Gasteiger partial charge < -0.3 is 5.32 Å². The molecule has 76 valence electrons. The van der Waals surface area contributed by atoms with Crippen LogP contribution in [0.1, 0.15) is 30.9 Å². The topological polar surface area (TPSA) is 12.0 Å². The quantitative estimate of drug-likeness (QED) is 0.818. The highest BCUT2D eigenvalue weighted by molar-refractivity contribution is 9.10. The van der Waals surface area contributed by atoms with Crippen molar-refractivity contribution in [3.05, 3.63) is 33.3 Å². The van der Waals surface area contributed by atoms with Crippen molar-refractivity contribution in [3.63, 3.8) is 0 Å². The average molecular weight is 275 g/mol. The summed E-state index contributed by atoms with van der Waals surface area (Å²) in [5, 5.41) is 4.31. The number of benzene rings is 1. The third-order valence-electron chi connectivity index (χ3n) is 2.66. The zero-order valence-corrected chi connectivity index (χ0v) is 10.2. The Hall–Kier alpha value is -0.0500. The highest BCUT2D eigenvalue weighted by Gasteiger charge is 2.14. The minimum atomic E-state index is 0.495. The molecule has 2 rings (SSSR count). The molecule has 1 aliphatic rings. The molecule has 1 aromatic carbocycles. The van der Waals surface area contributed by atoms with Crippen molar-refractivity contribution in [3.8, 4) is 0 Å². The number of hydrogen-bond donors (Lipinski definition) is 1. The van der Waals surface area contributed by atoms with E-state index in [2.05, 4.69) is 33.4 Å². The average Bonchev–Trinajstić information content (AvgIpc) is 2.23. The summed E-state index contributed by atoms with van der Waals surface area (Å²) in [6, 6.07) is 6.70. The van der Waals surface area contributed by atoms with E-state index in [1.807, 2.05) is 6.07 Å². The molecule has 14 heavy (non-hydrogen) atoms. The Balaban J connectivity index is 2.18. The summed E-state index contributed by atoms with van der Waals surface area (Å²) in [4.78, 5) is 0. The summed E-state index contributed by atoms with van der Waals surface area (Å²) in [5.74, 6) is 0. The van der Waals surface area contributed by atoms with Crippen LogP contribution in [0.15, 0.2) is 22.7 Å². The van der Waals surface area contributed by atoms with Crippen LogP contribution in [0, 0.1) is 0 Å². The first kappa shape index (κ1) is 10.5. The summed E-state index contributed by atoms with van der Waals surface area (Å²) in [6.45, 7) is 1.12. The van der Waals surface area contributed by atoms with E-state index in [0.29, 0.717) is 6.04 Å². The third-order valence-corrected chi connectivity index (χ3v) is 3.89. The summed E-state index contributed by atoms with van der Waals surface area (Å²) >= 11 is 9.46. The smallest absolute Gasteiger partial charge is 0.0551 e. The van der Waals surface area contributed by atoms with E-state index in [0.717, 1.165) is 16.0 Å². The lowest BCUT2D eigenvalue weighted by molar-refractivity contribution is 0.412. The molecule has 0 amide bonds. The minimum absolute atomic E-state index is 0.495. The maximum absolute atomic E-state index is 6.06. The van der Waals surface area contributed by atoms with Crippen molar-refractivity contribution in [1.29, 1.82) is 0 Å². The first-order valence-corrected chi connectivity index (χ1v) is 6.13. The van der Waals surface area contributed by atoms with Crippen LogP contribution in [-0.4, -0.2) is 6.54 Å². The largest absolute Gasteiger partial charge is 0.310 e. The first-order valence-electron chi connectivity index (χ1n) is 4.96. The molecule has 3 heteroatoms. The van der Waals surface area contributed by atoms with E-state index in [9.17, 15) is 0 Å². The molecule has 1 fully saturated rings. The highest BCUT2D eigenvalue weighted by Crippen LogP contribution is 2.29. The molecule has 1 aromatic rings. The summed E-state index contributed by atoms with van der Waals surface area (Å²) < 4.78 is 0.971. The first-order chi connectivity index (χ1) is 6.77. The molecule has 1 N–H and O–H groups in total. The van der Waals surface area contributed by atoms with Crippen molar-refractivity contribution in [1.82, 2.24) is 5.32 Å². The minimum Gasteiger partial charge on any atom is -0.310 e. The lowest BCUT2D eigenvalue weighted by Crippen LogP contribution is -2.26. The number of halogens is 2. The molecule has 1 unspecified atom stereocenters. The van der Waals surface area contributed by atoms with Crippen molar-refractivity contribution >= 4 is 27.5 Å². The van der Waals surface area contributed by atoms with Gasteiger partial charge in [-0.2, -0.15) is 0 Å². The van der Waals surface area contributed by atoms with Crippen molar-refractivity contribution in [2.24, 2.45) is 0 Å². The van der Waals surface area contributed by atoms with E-state index in [-0.39, 0.29) is 0 Å². The van der Waals surface area contributed by atoms with Gasteiger partial charge in [-0.1, -0.05) is 24.1 Å². The van der Waals surface area contributed by atoms with Crippen molar-refractivity contribution < 1.29 is 0 Å². The second kappa shape index (κ2) is 4.65. The van der Waals surface area contributed by atoms with E-state index >= 15 is 0 Å². The van der Waals surface area contributed by atoms with Crippen LogP contribution in [-0.2, 0) is 0 Å². The van der Waals surface area contributed by atoms with Gasteiger partial charge >= 0.3 is 0 Å². The van der Waals surface area contributed by atoms with Crippen molar-refractivity contribution in [2.45, 2.75) is 25.3 Å². The Morgan fingerprint density at radius 3 is 2.86 bits per heavy atom. The van der Waals surface area contributed by atoms with Gasteiger partial charge in [-0.05, 0) is 53.0 Å². The van der Waals surface area contributed by atoms with E-state index in [1.54, 1.807) is 0 Å². The van der Waals surface area contributed by atoms with Crippen LogP contribution in [0.4, 0.5) is 0 Å². The Morgan fingerprint density at radius 1 is 1.36 bits per heavy atom. The molecule has 0 saturated carbocycles. The lowest BCUT2D eigenvalue weighted by atomic mass is 9.98. The normalized spacial score (nSPS) is 22.3. The fourth-order valence-electron chi connectivity index (χ4n) is 1.87. The molecule has 0 radical (unpaired) electrons. The van der Waals surface area contributed by atoms with Gasteiger partial charge in [-0.3, -0.25) is 0 Å². The van der Waals surface area contributed by atoms with E-state index in [4.69, 9.17) is 11.6 Å². The second-order valence-corrected chi connectivity index (χ2v) is 4.94. The van der Waals surface area contributed by atoms with Gasteiger partial charge in [0.25, 0.3) is 0 Å². The molecule has 1 heterocycles. The van der Waals surface area contributed by atoms with Crippen LogP contribution in [0.5, 0.6) is 0 Å². The molecule has 0 spiro atoms. The number of nitrogens with one attached hydrogen (secondary N) is 1. The van der Waals surface area contributed by atoms with Gasteiger partial charge in [0.2, 0.25) is 0 Å². The zero-order valence-electron chi connectivity index (χ0n) is 7.89. The molecule has 1 saturated heterocycles.